The Labute approximate surface area is 118 Å². The molecule has 0 unspecified atom stereocenters. The van der Waals surface area contributed by atoms with Gasteiger partial charge in [0.2, 0.25) is 5.95 Å². The molecule has 0 saturated heterocycles. The molecule has 2 N–H and O–H groups in total. The van der Waals surface area contributed by atoms with Gasteiger partial charge in [-0.3, -0.25) is 0 Å². The van der Waals surface area contributed by atoms with Gasteiger partial charge in [-0.15, -0.1) is 0 Å². The number of nitrogens with zero attached hydrogens (tertiary/aromatic N) is 2. The second kappa shape index (κ2) is 5.36. The number of anilines is 2. The van der Waals surface area contributed by atoms with Crippen LogP contribution in [-0.2, 0) is 0 Å². The number of carboxylic acids is 1. The average molecular weight is 322 g/mol. The molecule has 0 amide bonds. The first-order chi connectivity index (χ1) is 8.97. The number of benzene rings is 1. The fourth-order valence-electron chi connectivity index (χ4n) is 1.60. The van der Waals surface area contributed by atoms with Gasteiger partial charge in [-0.1, -0.05) is 12.1 Å². The monoisotopic (exact) mass is 321 g/mol. The maximum absolute atomic E-state index is 11.0. The highest BCUT2D eigenvalue weighted by atomic mass is 79.9. The minimum atomic E-state index is -1.07. The highest BCUT2D eigenvalue weighted by Gasteiger charge is 2.10. The first kappa shape index (κ1) is 13.5. The molecule has 1 aromatic carbocycles. The third kappa shape index (κ3) is 3.08. The number of hydrogen-bond acceptors (Lipinski definition) is 4. The van der Waals surface area contributed by atoms with Gasteiger partial charge in [0.1, 0.15) is 0 Å². The van der Waals surface area contributed by atoms with Crippen molar-refractivity contribution in [1.29, 1.82) is 0 Å². The van der Waals surface area contributed by atoms with E-state index < -0.39 is 5.97 Å². The number of aryl methyl sites for hydroxylation is 2. The van der Waals surface area contributed by atoms with Crippen LogP contribution in [0.3, 0.4) is 0 Å². The minimum absolute atomic E-state index is 0.0289. The molecule has 98 valence electrons. The standard InChI is InChI=1S/C13H12BrN3O2/c1-7-4-3-5-9(11(7)14)16-13-15-8(2)6-10(17-13)12(18)19/h3-6H,1-2H3,(H,18,19)(H,15,16,17). The van der Waals surface area contributed by atoms with Crippen molar-refractivity contribution in [3.63, 3.8) is 0 Å². The molecule has 0 saturated carbocycles. The van der Waals surface area contributed by atoms with E-state index in [4.69, 9.17) is 5.11 Å². The van der Waals surface area contributed by atoms with Crippen molar-refractivity contribution in [3.05, 3.63) is 45.7 Å². The van der Waals surface area contributed by atoms with Crippen LogP contribution >= 0.6 is 15.9 Å². The Kier molecular flexibility index (Phi) is 3.80. The fourth-order valence-corrected chi connectivity index (χ4v) is 1.96. The number of carbonyl (C=O) groups is 1. The molecule has 0 bridgehead atoms. The Bertz CT molecular complexity index is 644. The van der Waals surface area contributed by atoms with Gasteiger partial charge in [0, 0.05) is 10.2 Å². The van der Waals surface area contributed by atoms with Crippen molar-refractivity contribution >= 4 is 33.5 Å². The van der Waals surface area contributed by atoms with E-state index in [1.165, 1.54) is 6.07 Å². The summed E-state index contributed by atoms with van der Waals surface area (Å²) in [6, 6.07) is 7.16. The molecule has 0 fully saturated rings. The maximum atomic E-state index is 11.0. The average Bonchev–Trinajstić information content (AvgIpc) is 2.34. The molecule has 0 aliphatic heterocycles. The number of halogens is 1. The number of nitrogens with one attached hydrogen (secondary N) is 1. The van der Waals surface area contributed by atoms with Crippen LogP contribution in [-0.4, -0.2) is 21.0 Å². The Balaban J connectivity index is 2.38. The second-order valence-electron chi connectivity index (χ2n) is 4.08. The summed E-state index contributed by atoms with van der Waals surface area (Å²) in [6.07, 6.45) is 0. The predicted molar refractivity (Wildman–Crippen MR) is 75.9 cm³/mol. The van der Waals surface area contributed by atoms with E-state index in [0.29, 0.717) is 5.69 Å². The lowest BCUT2D eigenvalue weighted by Crippen LogP contribution is -2.06. The first-order valence-electron chi connectivity index (χ1n) is 5.58. The van der Waals surface area contributed by atoms with Gasteiger partial charge in [-0.05, 0) is 47.5 Å². The second-order valence-corrected chi connectivity index (χ2v) is 4.88. The zero-order chi connectivity index (χ0) is 14.0. The van der Waals surface area contributed by atoms with E-state index >= 15 is 0 Å². The van der Waals surface area contributed by atoms with Crippen molar-refractivity contribution in [2.24, 2.45) is 0 Å². The molecule has 6 heteroatoms. The highest BCUT2D eigenvalue weighted by molar-refractivity contribution is 9.10. The van der Waals surface area contributed by atoms with Crippen LogP contribution in [0.25, 0.3) is 0 Å². The van der Waals surface area contributed by atoms with Crippen LogP contribution in [0.15, 0.2) is 28.7 Å². The van der Waals surface area contributed by atoms with E-state index in [0.717, 1.165) is 15.7 Å². The normalized spacial score (nSPS) is 10.3. The highest BCUT2D eigenvalue weighted by Crippen LogP contribution is 2.27. The lowest BCUT2D eigenvalue weighted by molar-refractivity contribution is 0.0690. The third-order valence-corrected chi connectivity index (χ3v) is 3.56. The molecule has 0 atom stereocenters. The summed E-state index contributed by atoms with van der Waals surface area (Å²) in [5.41, 5.74) is 2.43. The molecular formula is C13H12BrN3O2. The number of carboxylic acid groups (broad SMARTS) is 1. The lowest BCUT2D eigenvalue weighted by atomic mass is 10.2. The van der Waals surface area contributed by atoms with Crippen molar-refractivity contribution < 1.29 is 9.90 Å². The Hall–Kier alpha value is -1.95. The van der Waals surface area contributed by atoms with Gasteiger partial charge in [0.05, 0.1) is 5.69 Å². The lowest BCUT2D eigenvalue weighted by Gasteiger charge is -2.09. The van der Waals surface area contributed by atoms with Crippen LogP contribution in [0.5, 0.6) is 0 Å². The molecule has 1 heterocycles. The van der Waals surface area contributed by atoms with Crippen LogP contribution in [0.2, 0.25) is 0 Å². The summed E-state index contributed by atoms with van der Waals surface area (Å²) in [5, 5.41) is 12.0. The van der Waals surface area contributed by atoms with Crippen LogP contribution in [0, 0.1) is 13.8 Å². The molecule has 5 nitrogen and oxygen atoms in total. The summed E-state index contributed by atoms with van der Waals surface area (Å²) in [4.78, 5) is 19.1. The molecule has 2 rings (SSSR count). The van der Waals surface area contributed by atoms with Crippen LogP contribution in [0.1, 0.15) is 21.7 Å². The van der Waals surface area contributed by atoms with Crippen molar-refractivity contribution in [2.75, 3.05) is 5.32 Å². The van der Waals surface area contributed by atoms with Gasteiger partial charge in [0.25, 0.3) is 0 Å². The summed E-state index contributed by atoms with van der Waals surface area (Å²) >= 11 is 3.47. The smallest absolute Gasteiger partial charge is 0.354 e. The molecule has 0 spiro atoms. The molecule has 2 aromatic rings. The topological polar surface area (TPSA) is 75.1 Å². The molecule has 0 aliphatic rings. The van der Waals surface area contributed by atoms with Gasteiger partial charge in [-0.2, -0.15) is 0 Å². The molecule has 0 aliphatic carbocycles. The quantitative estimate of drug-likeness (QED) is 0.907. The Morgan fingerprint density at radius 2 is 2.05 bits per heavy atom. The molecule has 0 radical (unpaired) electrons. The van der Waals surface area contributed by atoms with Crippen molar-refractivity contribution in [2.45, 2.75) is 13.8 Å². The van der Waals surface area contributed by atoms with E-state index in [9.17, 15) is 4.79 Å². The van der Waals surface area contributed by atoms with E-state index in [-0.39, 0.29) is 11.6 Å². The Morgan fingerprint density at radius 3 is 2.74 bits per heavy atom. The number of aromatic carboxylic acids is 1. The van der Waals surface area contributed by atoms with E-state index in [1.807, 2.05) is 25.1 Å². The predicted octanol–water partition coefficient (Wildman–Crippen LogP) is 3.30. The van der Waals surface area contributed by atoms with E-state index in [2.05, 4.69) is 31.2 Å². The zero-order valence-corrected chi connectivity index (χ0v) is 12.0. The largest absolute Gasteiger partial charge is 0.477 e. The van der Waals surface area contributed by atoms with Crippen molar-refractivity contribution in [3.8, 4) is 0 Å². The van der Waals surface area contributed by atoms with Crippen LogP contribution < -0.4 is 5.32 Å². The number of aromatic nitrogens is 2. The number of rotatable bonds is 3. The summed E-state index contributed by atoms with van der Waals surface area (Å²) in [5.74, 6) is -0.805. The zero-order valence-electron chi connectivity index (χ0n) is 10.4. The summed E-state index contributed by atoms with van der Waals surface area (Å²) in [6.45, 7) is 3.69. The third-order valence-electron chi connectivity index (χ3n) is 2.51. The van der Waals surface area contributed by atoms with E-state index in [1.54, 1.807) is 6.92 Å². The number of hydrogen-bond donors (Lipinski definition) is 2. The molecular weight excluding hydrogens is 310 g/mol. The summed E-state index contributed by atoms with van der Waals surface area (Å²) in [7, 11) is 0. The minimum Gasteiger partial charge on any atom is -0.477 e. The van der Waals surface area contributed by atoms with Crippen LogP contribution in [0.4, 0.5) is 11.6 Å². The molecule has 19 heavy (non-hydrogen) atoms. The van der Waals surface area contributed by atoms with Gasteiger partial charge < -0.3 is 10.4 Å². The SMILES string of the molecule is Cc1cc(C(=O)O)nc(Nc2cccc(C)c2Br)n1. The summed E-state index contributed by atoms with van der Waals surface area (Å²) < 4.78 is 0.900. The fraction of sp³-hybridized carbons (Fsp3) is 0.154. The Morgan fingerprint density at radius 1 is 1.32 bits per heavy atom. The van der Waals surface area contributed by atoms with Gasteiger partial charge in [0.15, 0.2) is 5.69 Å². The maximum Gasteiger partial charge on any atom is 0.354 e. The first-order valence-corrected chi connectivity index (χ1v) is 6.38. The van der Waals surface area contributed by atoms with Gasteiger partial charge >= 0.3 is 5.97 Å². The van der Waals surface area contributed by atoms with Crippen molar-refractivity contribution in [1.82, 2.24) is 9.97 Å². The molecule has 1 aromatic heterocycles. The van der Waals surface area contributed by atoms with Gasteiger partial charge in [-0.25, -0.2) is 14.8 Å².